The molecule has 2 amide bonds. The Labute approximate surface area is 264 Å². The lowest BCUT2D eigenvalue weighted by Gasteiger charge is -2.34. The van der Waals surface area contributed by atoms with E-state index < -0.39 is 28.5 Å². The molecule has 0 heterocycles. The van der Waals surface area contributed by atoms with Crippen LogP contribution in [0, 0.1) is 6.92 Å². The fraction of sp³-hybridized carbons (Fsp3) is 0.375. The van der Waals surface area contributed by atoms with E-state index in [1.807, 2.05) is 37.3 Å². The van der Waals surface area contributed by atoms with Crippen LogP contribution in [0.2, 0.25) is 10.0 Å². The fourth-order valence-electron chi connectivity index (χ4n) is 5.36. The van der Waals surface area contributed by atoms with Gasteiger partial charge in [0.05, 0.1) is 19.1 Å². The van der Waals surface area contributed by atoms with Crippen molar-refractivity contribution < 1.29 is 22.7 Å². The van der Waals surface area contributed by atoms with E-state index in [2.05, 4.69) is 5.32 Å². The molecule has 3 aromatic rings. The minimum atomic E-state index is -3.96. The molecule has 0 saturated heterocycles. The standard InChI is InChI=1S/C32H37Cl2N3O5S/c1-22-16-17-30(42-2)28(18-22)37(43(3,40)41)21-31(38)36(20-25-26(33)14-9-15-27(25)34)29(19-23-10-5-4-6-11-23)32(39)35-24-12-7-8-13-24/h4-6,9-11,14-18,24,29H,7-8,12-13,19-21H2,1-3H3,(H,35,39)/t29-/m1/s1. The first-order chi connectivity index (χ1) is 20.5. The molecule has 0 aromatic heterocycles. The Morgan fingerprint density at radius 3 is 2.26 bits per heavy atom. The predicted molar refractivity (Wildman–Crippen MR) is 171 cm³/mol. The van der Waals surface area contributed by atoms with Gasteiger partial charge >= 0.3 is 0 Å². The summed E-state index contributed by atoms with van der Waals surface area (Å²) in [6, 6.07) is 18.6. The van der Waals surface area contributed by atoms with Crippen LogP contribution in [0.5, 0.6) is 5.75 Å². The quantitative estimate of drug-likeness (QED) is 0.270. The normalized spacial score (nSPS) is 14.3. The number of rotatable bonds is 12. The number of carbonyl (C=O) groups is 2. The Morgan fingerprint density at radius 1 is 1.00 bits per heavy atom. The summed E-state index contributed by atoms with van der Waals surface area (Å²) < 4.78 is 32.7. The molecule has 43 heavy (non-hydrogen) atoms. The van der Waals surface area contributed by atoms with Crippen molar-refractivity contribution in [2.75, 3.05) is 24.2 Å². The Balaban J connectivity index is 1.79. The van der Waals surface area contributed by atoms with Crippen molar-refractivity contribution in [1.82, 2.24) is 10.2 Å². The molecular weight excluding hydrogens is 609 g/mol. The Kier molecular flexibility index (Phi) is 11.0. The summed E-state index contributed by atoms with van der Waals surface area (Å²) in [5.41, 5.74) is 2.32. The number of amides is 2. The van der Waals surface area contributed by atoms with Crippen molar-refractivity contribution in [3.8, 4) is 5.75 Å². The van der Waals surface area contributed by atoms with Crippen molar-refractivity contribution in [1.29, 1.82) is 0 Å². The maximum Gasteiger partial charge on any atom is 0.244 e. The Hall–Kier alpha value is -3.27. The largest absolute Gasteiger partial charge is 0.495 e. The predicted octanol–water partition coefficient (Wildman–Crippen LogP) is 5.78. The first kappa shape index (κ1) is 32.6. The molecule has 1 atom stereocenters. The topological polar surface area (TPSA) is 96.0 Å². The van der Waals surface area contributed by atoms with Crippen molar-refractivity contribution in [2.24, 2.45) is 0 Å². The zero-order chi connectivity index (χ0) is 31.1. The van der Waals surface area contributed by atoms with Crippen LogP contribution in [0.15, 0.2) is 66.7 Å². The summed E-state index contributed by atoms with van der Waals surface area (Å²) in [7, 11) is -2.52. The van der Waals surface area contributed by atoms with Crippen LogP contribution in [0.1, 0.15) is 42.4 Å². The van der Waals surface area contributed by atoms with E-state index in [-0.39, 0.29) is 30.6 Å². The average Bonchev–Trinajstić information content (AvgIpc) is 3.47. The zero-order valence-corrected chi connectivity index (χ0v) is 26.9. The SMILES string of the molecule is COc1ccc(C)cc1N(CC(=O)N(Cc1c(Cl)cccc1Cl)[C@H](Cc1ccccc1)C(=O)NC1CCCC1)S(C)(=O)=O. The number of methoxy groups -OCH3 is 1. The lowest BCUT2D eigenvalue weighted by Crippen LogP contribution is -2.54. The highest BCUT2D eigenvalue weighted by Gasteiger charge is 2.35. The van der Waals surface area contributed by atoms with Crippen LogP contribution >= 0.6 is 23.2 Å². The molecule has 1 N–H and O–H groups in total. The molecule has 1 saturated carbocycles. The number of anilines is 1. The number of hydrogen-bond acceptors (Lipinski definition) is 5. The third-order valence-corrected chi connectivity index (χ3v) is 9.48. The monoisotopic (exact) mass is 645 g/mol. The summed E-state index contributed by atoms with van der Waals surface area (Å²) >= 11 is 13.1. The molecule has 0 aliphatic heterocycles. The van der Waals surface area contributed by atoms with Crippen molar-refractivity contribution in [3.63, 3.8) is 0 Å². The molecule has 0 radical (unpaired) electrons. The second-order valence-corrected chi connectivity index (χ2v) is 13.6. The van der Waals surface area contributed by atoms with Gasteiger partial charge in [0.2, 0.25) is 21.8 Å². The first-order valence-corrected chi connectivity index (χ1v) is 16.8. The van der Waals surface area contributed by atoms with Gasteiger partial charge < -0.3 is 15.0 Å². The lowest BCUT2D eigenvalue weighted by atomic mass is 10.0. The van der Waals surface area contributed by atoms with E-state index in [1.165, 1.54) is 12.0 Å². The maximum atomic E-state index is 14.4. The summed E-state index contributed by atoms with van der Waals surface area (Å²) in [5.74, 6) is -0.608. The van der Waals surface area contributed by atoms with Gasteiger partial charge in [0.1, 0.15) is 18.3 Å². The Bertz CT molecular complexity index is 1530. The van der Waals surface area contributed by atoms with E-state index in [0.29, 0.717) is 21.4 Å². The summed E-state index contributed by atoms with van der Waals surface area (Å²) in [6.45, 7) is 1.15. The van der Waals surface area contributed by atoms with Crippen molar-refractivity contribution in [2.45, 2.75) is 57.7 Å². The summed E-state index contributed by atoms with van der Waals surface area (Å²) in [6.07, 6.45) is 5.01. The smallest absolute Gasteiger partial charge is 0.244 e. The van der Waals surface area contributed by atoms with Gasteiger partial charge in [-0.05, 0) is 55.2 Å². The second-order valence-electron chi connectivity index (χ2n) is 10.9. The molecule has 0 spiro atoms. The number of aryl methyl sites for hydroxylation is 1. The van der Waals surface area contributed by atoms with Crippen molar-refractivity contribution >= 4 is 50.7 Å². The molecule has 8 nitrogen and oxygen atoms in total. The fourth-order valence-corrected chi connectivity index (χ4v) is 6.73. The van der Waals surface area contributed by atoms with Crippen LogP contribution in [0.25, 0.3) is 0 Å². The van der Waals surface area contributed by atoms with Gasteiger partial charge in [0.15, 0.2) is 0 Å². The molecule has 1 fully saturated rings. The molecular formula is C32H37Cl2N3O5S. The minimum absolute atomic E-state index is 0.00991. The average molecular weight is 647 g/mol. The van der Waals surface area contributed by atoms with Gasteiger partial charge in [-0.2, -0.15) is 0 Å². The third kappa shape index (κ3) is 8.43. The van der Waals surface area contributed by atoms with Crippen LogP contribution in [0.3, 0.4) is 0 Å². The number of carbonyl (C=O) groups excluding carboxylic acids is 2. The van der Waals surface area contributed by atoms with E-state index >= 15 is 0 Å². The zero-order valence-electron chi connectivity index (χ0n) is 24.6. The van der Waals surface area contributed by atoms with Gasteiger partial charge in [-0.1, -0.05) is 78.5 Å². The third-order valence-electron chi connectivity index (χ3n) is 7.65. The molecule has 1 aliphatic carbocycles. The van der Waals surface area contributed by atoms with E-state index in [4.69, 9.17) is 27.9 Å². The van der Waals surface area contributed by atoms with Crippen LogP contribution in [-0.4, -0.2) is 57.1 Å². The van der Waals surface area contributed by atoms with Gasteiger partial charge in [-0.25, -0.2) is 8.42 Å². The summed E-state index contributed by atoms with van der Waals surface area (Å²) in [5, 5.41) is 3.81. The highest BCUT2D eigenvalue weighted by Crippen LogP contribution is 2.32. The van der Waals surface area contributed by atoms with Crippen LogP contribution < -0.4 is 14.4 Å². The first-order valence-electron chi connectivity index (χ1n) is 14.2. The molecule has 11 heteroatoms. The van der Waals surface area contributed by atoms with Crippen LogP contribution in [0.4, 0.5) is 5.69 Å². The van der Waals surface area contributed by atoms with E-state index in [0.717, 1.165) is 47.4 Å². The number of benzene rings is 3. The van der Waals surface area contributed by atoms with Gasteiger partial charge in [-0.3, -0.25) is 13.9 Å². The Morgan fingerprint density at radius 2 is 1.65 bits per heavy atom. The van der Waals surface area contributed by atoms with E-state index in [9.17, 15) is 18.0 Å². The number of nitrogens with zero attached hydrogens (tertiary/aromatic N) is 2. The van der Waals surface area contributed by atoms with Gasteiger partial charge in [0, 0.05) is 34.6 Å². The van der Waals surface area contributed by atoms with Gasteiger partial charge in [-0.15, -0.1) is 0 Å². The summed E-state index contributed by atoms with van der Waals surface area (Å²) in [4.78, 5) is 29.7. The number of hydrogen-bond donors (Lipinski definition) is 1. The minimum Gasteiger partial charge on any atom is -0.495 e. The molecule has 4 rings (SSSR count). The highest BCUT2D eigenvalue weighted by molar-refractivity contribution is 7.92. The molecule has 0 unspecified atom stereocenters. The number of nitrogens with one attached hydrogen (secondary N) is 1. The van der Waals surface area contributed by atoms with E-state index in [1.54, 1.807) is 36.4 Å². The molecule has 230 valence electrons. The molecule has 3 aromatic carbocycles. The second kappa shape index (κ2) is 14.5. The van der Waals surface area contributed by atoms with Crippen LogP contribution in [-0.2, 0) is 32.6 Å². The number of halogens is 2. The maximum absolute atomic E-state index is 14.4. The van der Waals surface area contributed by atoms with Gasteiger partial charge in [0.25, 0.3) is 0 Å². The van der Waals surface area contributed by atoms with Crippen molar-refractivity contribution in [3.05, 3.63) is 93.5 Å². The molecule has 0 bridgehead atoms. The lowest BCUT2D eigenvalue weighted by molar-refractivity contribution is -0.140. The molecule has 1 aliphatic rings. The number of ether oxygens (including phenoxy) is 1. The highest BCUT2D eigenvalue weighted by atomic mass is 35.5. The number of sulfonamides is 1.